The fourth-order valence-corrected chi connectivity index (χ4v) is 2.35. The number of benzene rings is 3. The highest BCUT2D eigenvalue weighted by Gasteiger charge is 2.10. The van der Waals surface area contributed by atoms with Gasteiger partial charge in [-0.1, -0.05) is 30.3 Å². The first-order valence-electron chi connectivity index (χ1n) is 7.81. The molecule has 25 heavy (non-hydrogen) atoms. The first-order chi connectivity index (χ1) is 12.2. The highest BCUT2D eigenvalue weighted by atomic mass is 16.5. The maximum atomic E-state index is 12.4. The molecule has 0 aliphatic carbocycles. The highest BCUT2D eigenvalue weighted by molar-refractivity contribution is 6.04. The number of para-hydroxylation sites is 1. The number of carbonyl (C=O) groups is 1. The molecule has 0 aliphatic rings. The van der Waals surface area contributed by atoms with Crippen molar-refractivity contribution < 1.29 is 9.53 Å². The molecule has 3 rings (SSSR count). The molecule has 0 radical (unpaired) electrons. The molecule has 0 aliphatic heterocycles. The Labute approximate surface area is 146 Å². The monoisotopic (exact) mass is 328 g/mol. The lowest BCUT2D eigenvalue weighted by Crippen LogP contribution is -2.13. The Morgan fingerprint density at radius 2 is 1.76 bits per heavy atom. The lowest BCUT2D eigenvalue weighted by Gasteiger charge is -2.12. The van der Waals surface area contributed by atoms with E-state index >= 15 is 0 Å². The van der Waals surface area contributed by atoms with E-state index in [9.17, 15) is 4.79 Å². The van der Waals surface area contributed by atoms with Crippen LogP contribution in [0.1, 0.15) is 21.5 Å². The van der Waals surface area contributed by atoms with E-state index in [1.54, 1.807) is 30.3 Å². The van der Waals surface area contributed by atoms with Crippen molar-refractivity contribution in [2.75, 3.05) is 5.32 Å². The fourth-order valence-electron chi connectivity index (χ4n) is 2.35. The summed E-state index contributed by atoms with van der Waals surface area (Å²) in [5.74, 6) is 1.10. The van der Waals surface area contributed by atoms with Crippen molar-refractivity contribution in [3.8, 4) is 17.6 Å². The molecule has 0 bridgehead atoms. The zero-order valence-electron chi connectivity index (χ0n) is 13.7. The maximum absolute atomic E-state index is 12.4. The molecule has 0 heterocycles. The van der Waals surface area contributed by atoms with Crippen LogP contribution < -0.4 is 10.1 Å². The Kier molecular flexibility index (Phi) is 4.77. The van der Waals surface area contributed by atoms with Crippen LogP contribution in [-0.4, -0.2) is 5.91 Å². The zero-order valence-corrected chi connectivity index (χ0v) is 13.7. The SMILES string of the molecule is Cc1ccc(Oc2ccccc2)cc1NC(=O)c1cccc(C#N)c1. The van der Waals surface area contributed by atoms with Gasteiger partial charge in [-0.25, -0.2) is 0 Å². The minimum atomic E-state index is -0.267. The van der Waals surface area contributed by atoms with Gasteiger partial charge in [-0.15, -0.1) is 0 Å². The summed E-state index contributed by atoms with van der Waals surface area (Å²) in [6.07, 6.45) is 0. The first kappa shape index (κ1) is 16.3. The average molecular weight is 328 g/mol. The predicted octanol–water partition coefficient (Wildman–Crippen LogP) is 4.91. The second kappa shape index (κ2) is 7.33. The Hall–Kier alpha value is -3.58. The van der Waals surface area contributed by atoms with Crippen molar-refractivity contribution in [3.05, 3.63) is 89.5 Å². The van der Waals surface area contributed by atoms with Gasteiger partial charge in [0.15, 0.2) is 0 Å². The largest absolute Gasteiger partial charge is 0.457 e. The summed E-state index contributed by atoms with van der Waals surface area (Å²) in [6, 6.07) is 23.6. The van der Waals surface area contributed by atoms with Gasteiger partial charge in [0.2, 0.25) is 0 Å². The summed E-state index contributed by atoms with van der Waals surface area (Å²) < 4.78 is 5.80. The van der Waals surface area contributed by atoms with E-state index in [0.717, 1.165) is 11.3 Å². The molecule has 0 unspecified atom stereocenters. The van der Waals surface area contributed by atoms with Crippen LogP contribution in [-0.2, 0) is 0 Å². The van der Waals surface area contributed by atoms with Gasteiger partial charge in [-0.2, -0.15) is 5.26 Å². The van der Waals surface area contributed by atoms with Gasteiger partial charge in [-0.3, -0.25) is 4.79 Å². The zero-order chi connectivity index (χ0) is 17.6. The summed E-state index contributed by atoms with van der Waals surface area (Å²) in [6.45, 7) is 1.91. The van der Waals surface area contributed by atoms with Crippen molar-refractivity contribution in [2.45, 2.75) is 6.92 Å². The summed E-state index contributed by atoms with van der Waals surface area (Å²) in [5.41, 5.74) is 2.48. The number of hydrogen-bond donors (Lipinski definition) is 1. The standard InChI is InChI=1S/C21H16N2O2/c1-15-10-11-19(25-18-8-3-2-4-9-18)13-20(15)23-21(24)17-7-5-6-16(12-17)14-22/h2-13H,1H3,(H,23,24). The molecule has 0 saturated heterocycles. The van der Waals surface area contributed by atoms with Gasteiger partial charge >= 0.3 is 0 Å². The van der Waals surface area contributed by atoms with Crippen LogP contribution in [0.4, 0.5) is 5.69 Å². The lowest BCUT2D eigenvalue weighted by atomic mass is 10.1. The smallest absolute Gasteiger partial charge is 0.255 e. The molecule has 4 nitrogen and oxygen atoms in total. The highest BCUT2D eigenvalue weighted by Crippen LogP contribution is 2.27. The quantitative estimate of drug-likeness (QED) is 0.740. The van der Waals surface area contributed by atoms with Crippen LogP contribution in [0.3, 0.4) is 0 Å². The number of ether oxygens (including phenoxy) is 1. The van der Waals surface area contributed by atoms with Crippen LogP contribution >= 0.6 is 0 Å². The van der Waals surface area contributed by atoms with Crippen LogP contribution in [0.15, 0.2) is 72.8 Å². The minimum absolute atomic E-state index is 0.267. The Morgan fingerprint density at radius 1 is 0.960 bits per heavy atom. The summed E-state index contributed by atoms with van der Waals surface area (Å²) in [4.78, 5) is 12.4. The van der Waals surface area contributed by atoms with Gasteiger partial charge in [0, 0.05) is 17.3 Å². The molecule has 4 heteroatoms. The normalized spacial score (nSPS) is 9.92. The topological polar surface area (TPSA) is 62.1 Å². The number of nitrogens with zero attached hydrogens (tertiary/aromatic N) is 1. The van der Waals surface area contributed by atoms with Gasteiger partial charge in [0.25, 0.3) is 5.91 Å². The molecule has 0 atom stereocenters. The van der Waals surface area contributed by atoms with Crippen LogP contribution in [0, 0.1) is 18.3 Å². The molecule has 122 valence electrons. The number of rotatable bonds is 4. The second-order valence-corrected chi connectivity index (χ2v) is 5.54. The number of hydrogen-bond acceptors (Lipinski definition) is 3. The van der Waals surface area contributed by atoms with E-state index < -0.39 is 0 Å². The number of anilines is 1. The van der Waals surface area contributed by atoms with Gasteiger partial charge in [0.05, 0.1) is 11.6 Å². The second-order valence-electron chi connectivity index (χ2n) is 5.54. The molecule has 0 saturated carbocycles. The van der Waals surface area contributed by atoms with E-state index in [0.29, 0.717) is 22.6 Å². The number of nitriles is 1. The van der Waals surface area contributed by atoms with Crippen LogP contribution in [0.5, 0.6) is 11.5 Å². The molecule has 3 aromatic rings. The molecule has 0 aromatic heterocycles. The number of carbonyl (C=O) groups excluding carboxylic acids is 1. The summed E-state index contributed by atoms with van der Waals surface area (Å²) in [5, 5.41) is 11.8. The Morgan fingerprint density at radius 3 is 2.52 bits per heavy atom. The summed E-state index contributed by atoms with van der Waals surface area (Å²) in [7, 11) is 0. The van der Waals surface area contributed by atoms with Crippen LogP contribution in [0.2, 0.25) is 0 Å². The van der Waals surface area contributed by atoms with Crippen LogP contribution in [0.25, 0.3) is 0 Å². The van der Waals surface area contributed by atoms with Gasteiger partial charge in [0.1, 0.15) is 11.5 Å². The molecule has 0 spiro atoms. The van der Waals surface area contributed by atoms with E-state index in [1.165, 1.54) is 0 Å². The molecular weight excluding hydrogens is 312 g/mol. The number of amides is 1. The summed E-state index contributed by atoms with van der Waals surface area (Å²) >= 11 is 0. The lowest BCUT2D eigenvalue weighted by molar-refractivity contribution is 0.102. The number of nitrogens with one attached hydrogen (secondary N) is 1. The third-order valence-electron chi connectivity index (χ3n) is 3.69. The molecular formula is C21H16N2O2. The fraction of sp³-hybridized carbons (Fsp3) is 0.0476. The predicted molar refractivity (Wildman–Crippen MR) is 96.8 cm³/mol. The molecule has 0 fully saturated rings. The Bertz CT molecular complexity index is 944. The number of aryl methyl sites for hydroxylation is 1. The van der Waals surface area contributed by atoms with Gasteiger partial charge < -0.3 is 10.1 Å². The third-order valence-corrected chi connectivity index (χ3v) is 3.69. The average Bonchev–Trinajstić information content (AvgIpc) is 2.65. The van der Waals surface area contributed by atoms with Crippen molar-refractivity contribution >= 4 is 11.6 Å². The van der Waals surface area contributed by atoms with Crippen molar-refractivity contribution in [3.63, 3.8) is 0 Å². The van der Waals surface area contributed by atoms with Crippen molar-refractivity contribution in [1.29, 1.82) is 5.26 Å². The van der Waals surface area contributed by atoms with Crippen molar-refractivity contribution in [1.82, 2.24) is 0 Å². The maximum Gasteiger partial charge on any atom is 0.255 e. The van der Waals surface area contributed by atoms with Crippen molar-refractivity contribution in [2.24, 2.45) is 0 Å². The minimum Gasteiger partial charge on any atom is -0.457 e. The van der Waals surface area contributed by atoms with E-state index in [-0.39, 0.29) is 5.91 Å². The van der Waals surface area contributed by atoms with E-state index in [1.807, 2.05) is 55.5 Å². The molecule has 1 amide bonds. The molecule has 1 N–H and O–H groups in total. The van der Waals surface area contributed by atoms with E-state index in [4.69, 9.17) is 10.00 Å². The molecule has 3 aromatic carbocycles. The first-order valence-corrected chi connectivity index (χ1v) is 7.81. The van der Waals surface area contributed by atoms with E-state index in [2.05, 4.69) is 5.32 Å². The Balaban J connectivity index is 1.81. The third kappa shape index (κ3) is 4.04. The van der Waals surface area contributed by atoms with Gasteiger partial charge in [-0.05, 0) is 48.9 Å².